The summed E-state index contributed by atoms with van der Waals surface area (Å²) in [5, 5.41) is 14.5. The topological polar surface area (TPSA) is 131 Å². The lowest BCUT2D eigenvalue weighted by Crippen LogP contribution is -2.34. The zero-order valence-corrected chi connectivity index (χ0v) is 18.2. The number of benzene rings is 2. The Balaban J connectivity index is 1.34. The van der Waals surface area contributed by atoms with Gasteiger partial charge in [-0.15, -0.1) is 11.3 Å². The zero-order valence-electron chi connectivity index (χ0n) is 16.6. The Hall–Kier alpha value is -2.89. The van der Waals surface area contributed by atoms with Gasteiger partial charge in [0.2, 0.25) is 15.9 Å². The Labute approximate surface area is 183 Å². The number of nitrogens with one attached hydrogen (secondary N) is 2. The van der Waals surface area contributed by atoms with Crippen molar-refractivity contribution in [1.29, 1.82) is 0 Å². The highest BCUT2D eigenvalue weighted by atomic mass is 32.2. The fourth-order valence-electron chi connectivity index (χ4n) is 2.91. The maximum atomic E-state index is 12.2. The third-order valence-electron chi connectivity index (χ3n) is 4.46. The first-order valence-electron chi connectivity index (χ1n) is 9.70. The largest absolute Gasteiger partial charge is 0.355 e. The average Bonchev–Trinajstić information content (AvgIpc) is 3.17. The molecule has 0 aliphatic heterocycles. The van der Waals surface area contributed by atoms with Gasteiger partial charge in [0.15, 0.2) is 0 Å². The van der Waals surface area contributed by atoms with Crippen molar-refractivity contribution < 1.29 is 18.1 Å². The number of amides is 1. The number of nitrogens with zero attached hydrogens (tertiary/aromatic N) is 2. The van der Waals surface area contributed by atoms with Gasteiger partial charge in [0.1, 0.15) is 0 Å². The van der Waals surface area contributed by atoms with Gasteiger partial charge >= 0.3 is 0 Å². The van der Waals surface area contributed by atoms with E-state index in [0.29, 0.717) is 12.8 Å². The lowest BCUT2D eigenvalue weighted by Gasteiger charge is -2.08. The van der Waals surface area contributed by atoms with E-state index < -0.39 is 14.9 Å². The minimum Gasteiger partial charge on any atom is -0.355 e. The number of fused-ring (bicyclic) bond motifs is 1. The summed E-state index contributed by atoms with van der Waals surface area (Å²) in [6.07, 6.45) is 2.71. The molecule has 1 heterocycles. The second kappa shape index (κ2) is 10.4. The minimum atomic E-state index is -3.89. The van der Waals surface area contributed by atoms with Gasteiger partial charge in [-0.2, -0.15) is 0 Å². The Morgan fingerprint density at radius 2 is 1.90 bits per heavy atom. The average molecular weight is 463 g/mol. The number of aryl methyl sites for hydroxylation is 1. The van der Waals surface area contributed by atoms with Gasteiger partial charge in [-0.1, -0.05) is 18.2 Å². The molecule has 0 aliphatic rings. The molecule has 1 amide bonds. The minimum absolute atomic E-state index is 0.0114. The predicted molar refractivity (Wildman–Crippen MR) is 118 cm³/mol. The van der Waals surface area contributed by atoms with E-state index in [2.05, 4.69) is 15.0 Å². The number of thiazole rings is 1. The first kappa shape index (κ1) is 22.8. The molecular formula is C20H22N4O5S2. The number of nitro groups is 1. The molecule has 2 aromatic carbocycles. The van der Waals surface area contributed by atoms with Crippen LogP contribution in [0, 0.1) is 10.1 Å². The normalized spacial score (nSPS) is 11.5. The third-order valence-corrected chi connectivity index (χ3v) is 7.02. The summed E-state index contributed by atoms with van der Waals surface area (Å²) in [4.78, 5) is 26.4. The lowest BCUT2D eigenvalue weighted by atomic mass is 10.2. The summed E-state index contributed by atoms with van der Waals surface area (Å²) in [5.74, 6) is -0.154. The Kier molecular flexibility index (Phi) is 7.66. The van der Waals surface area contributed by atoms with Crippen LogP contribution in [0.1, 0.15) is 24.3 Å². The van der Waals surface area contributed by atoms with Gasteiger partial charge in [-0.3, -0.25) is 14.9 Å². The molecule has 0 spiro atoms. The predicted octanol–water partition coefficient (Wildman–Crippen LogP) is 3.01. The first-order valence-corrected chi connectivity index (χ1v) is 12.0. The number of carbonyl (C=O) groups is 1. The van der Waals surface area contributed by atoms with Gasteiger partial charge in [-0.25, -0.2) is 18.1 Å². The number of unbranched alkanes of at least 4 members (excludes halogenated alkanes) is 1. The Bertz CT molecular complexity index is 1140. The monoisotopic (exact) mass is 462 g/mol. The van der Waals surface area contributed by atoms with E-state index in [4.69, 9.17) is 0 Å². The van der Waals surface area contributed by atoms with Crippen LogP contribution in [0.15, 0.2) is 53.4 Å². The molecule has 164 valence electrons. The third kappa shape index (κ3) is 6.54. The van der Waals surface area contributed by atoms with E-state index in [1.807, 2.05) is 24.3 Å². The van der Waals surface area contributed by atoms with Crippen molar-refractivity contribution in [3.63, 3.8) is 0 Å². The summed E-state index contributed by atoms with van der Waals surface area (Å²) in [7, 11) is -3.89. The van der Waals surface area contributed by atoms with Crippen molar-refractivity contribution in [3.05, 3.63) is 63.7 Å². The van der Waals surface area contributed by atoms with Crippen molar-refractivity contribution >= 4 is 43.2 Å². The molecule has 3 aromatic rings. The molecule has 3 rings (SSSR count). The van der Waals surface area contributed by atoms with Crippen LogP contribution in [0.4, 0.5) is 5.69 Å². The van der Waals surface area contributed by atoms with Crippen molar-refractivity contribution in [2.75, 3.05) is 13.1 Å². The number of carbonyl (C=O) groups excluding carboxylic acids is 1. The molecule has 11 heteroatoms. The molecule has 0 saturated heterocycles. The van der Waals surface area contributed by atoms with E-state index in [1.54, 1.807) is 11.3 Å². The van der Waals surface area contributed by atoms with E-state index >= 15 is 0 Å². The van der Waals surface area contributed by atoms with Gasteiger partial charge in [0.05, 0.1) is 25.0 Å². The maximum absolute atomic E-state index is 12.2. The van der Waals surface area contributed by atoms with Gasteiger partial charge in [0.25, 0.3) is 5.69 Å². The molecule has 0 radical (unpaired) electrons. The fourth-order valence-corrected chi connectivity index (χ4v) is 4.99. The van der Waals surface area contributed by atoms with E-state index in [0.717, 1.165) is 34.1 Å². The van der Waals surface area contributed by atoms with Crippen LogP contribution in [0.2, 0.25) is 0 Å². The SMILES string of the molecule is O=C(CCCCc1nc2ccccc2s1)NCCNS(=O)(=O)c1cccc([N+](=O)[O-])c1. The van der Waals surface area contributed by atoms with Crippen LogP contribution in [0.3, 0.4) is 0 Å². The molecule has 31 heavy (non-hydrogen) atoms. The number of hydrogen-bond donors (Lipinski definition) is 2. The molecule has 0 atom stereocenters. The standard InChI is InChI=1S/C20H22N4O5S2/c25-19(10-3-4-11-20-23-17-8-1-2-9-18(17)30-20)21-12-13-22-31(28,29)16-7-5-6-15(14-16)24(26)27/h1-2,5-9,14,22H,3-4,10-13H2,(H,21,25). The van der Waals surface area contributed by atoms with Crippen molar-refractivity contribution in [1.82, 2.24) is 15.0 Å². The summed E-state index contributed by atoms with van der Waals surface area (Å²) in [5.41, 5.74) is 0.690. The smallest absolute Gasteiger partial charge is 0.270 e. The van der Waals surface area contributed by atoms with Gasteiger partial charge in [-0.05, 0) is 37.5 Å². The Morgan fingerprint density at radius 3 is 2.68 bits per heavy atom. The molecule has 0 saturated carbocycles. The van der Waals surface area contributed by atoms with Gasteiger partial charge < -0.3 is 5.32 Å². The number of nitro benzene ring substituents is 1. The number of aromatic nitrogens is 1. The summed E-state index contributed by atoms with van der Waals surface area (Å²) in [6, 6.07) is 12.8. The molecule has 0 fully saturated rings. The van der Waals surface area contributed by atoms with Crippen molar-refractivity contribution in [3.8, 4) is 0 Å². The van der Waals surface area contributed by atoms with Crippen LogP contribution >= 0.6 is 11.3 Å². The molecule has 9 nitrogen and oxygen atoms in total. The van der Waals surface area contributed by atoms with Gasteiger partial charge in [0, 0.05) is 31.6 Å². The number of non-ortho nitro benzene ring substituents is 1. The molecule has 0 aliphatic carbocycles. The van der Waals surface area contributed by atoms with Crippen LogP contribution < -0.4 is 10.0 Å². The number of rotatable bonds is 11. The number of sulfonamides is 1. The molecule has 0 bridgehead atoms. The number of para-hydroxylation sites is 1. The molecule has 1 aromatic heterocycles. The van der Waals surface area contributed by atoms with Crippen LogP contribution in [0.5, 0.6) is 0 Å². The van der Waals surface area contributed by atoms with Crippen LogP contribution in [0.25, 0.3) is 10.2 Å². The second-order valence-electron chi connectivity index (χ2n) is 6.78. The summed E-state index contributed by atoms with van der Waals surface area (Å²) in [6.45, 7) is 0.118. The molecule has 2 N–H and O–H groups in total. The summed E-state index contributed by atoms with van der Waals surface area (Å²) >= 11 is 1.66. The lowest BCUT2D eigenvalue weighted by molar-refractivity contribution is -0.385. The van der Waals surface area contributed by atoms with Crippen molar-refractivity contribution in [2.24, 2.45) is 0 Å². The number of hydrogen-bond acceptors (Lipinski definition) is 7. The Morgan fingerprint density at radius 1 is 1.10 bits per heavy atom. The zero-order chi connectivity index (χ0) is 22.3. The van der Waals surface area contributed by atoms with Crippen LogP contribution in [-0.4, -0.2) is 37.3 Å². The van der Waals surface area contributed by atoms with E-state index in [1.165, 1.54) is 18.2 Å². The maximum Gasteiger partial charge on any atom is 0.270 e. The highest BCUT2D eigenvalue weighted by Crippen LogP contribution is 2.23. The molecular weight excluding hydrogens is 440 g/mol. The first-order chi connectivity index (χ1) is 14.8. The molecule has 0 unspecified atom stereocenters. The summed E-state index contributed by atoms with van der Waals surface area (Å²) < 4.78 is 27.9. The second-order valence-corrected chi connectivity index (χ2v) is 9.67. The van der Waals surface area contributed by atoms with Crippen LogP contribution in [-0.2, 0) is 21.2 Å². The van der Waals surface area contributed by atoms with Crippen molar-refractivity contribution in [2.45, 2.75) is 30.6 Å². The van der Waals surface area contributed by atoms with E-state index in [-0.39, 0.29) is 29.6 Å². The van der Waals surface area contributed by atoms with E-state index in [9.17, 15) is 23.3 Å². The highest BCUT2D eigenvalue weighted by Gasteiger charge is 2.17. The highest BCUT2D eigenvalue weighted by molar-refractivity contribution is 7.89. The quantitative estimate of drug-likeness (QED) is 0.256. The fraction of sp³-hybridized carbons (Fsp3) is 0.300.